The quantitative estimate of drug-likeness (QED) is 0.612. The van der Waals surface area contributed by atoms with Crippen LogP contribution in [-0.2, 0) is 0 Å². The number of hydrogen-bond donors (Lipinski definition) is 1. The summed E-state index contributed by atoms with van der Waals surface area (Å²) in [6, 6.07) is 17.9. The summed E-state index contributed by atoms with van der Waals surface area (Å²) >= 11 is 0. The van der Waals surface area contributed by atoms with Crippen molar-refractivity contribution in [3.63, 3.8) is 0 Å². The third kappa shape index (κ3) is 2.06. The van der Waals surface area contributed by atoms with E-state index in [9.17, 15) is 4.79 Å². The lowest BCUT2D eigenvalue weighted by molar-refractivity contribution is 0.106. The fourth-order valence-corrected chi connectivity index (χ4v) is 1.47. The monoisotopic (exact) mass is 209 g/mol. The minimum Gasteiger partial charge on any atom is -0.296 e. The van der Waals surface area contributed by atoms with Gasteiger partial charge in [-0.15, -0.1) is 0 Å². The van der Waals surface area contributed by atoms with E-state index in [0.717, 1.165) is 0 Å². The lowest BCUT2D eigenvalue weighted by Crippen LogP contribution is -2.14. The molecular weight excluding hydrogens is 198 g/mol. The maximum Gasteiger partial charge on any atom is 0.211 e. The van der Waals surface area contributed by atoms with E-state index >= 15 is 0 Å². The van der Waals surface area contributed by atoms with Crippen molar-refractivity contribution in [2.75, 3.05) is 0 Å². The number of benzene rings is 2. The molecule has 0 spiro atoms. The van der Waals surface area contributed by atoms with Crippen LogP contribution in [0, 0.1) is 5.41 Å². The fourth-order valence-electron chi connectivity index (χ4n) is 1.47. The van der Waals surface area contributed by atoms with Crippen LogP contribution in [-0.4, -0.2) is 11.5 Å². The zero-order chi connectivity index (χ0) is 11.4. The van der Waals surface area contributed by atoms with Gasteiger partial charge in [0.2, 0.25) is 5.78 Å². The van der Waals surface area contributed by atoms with Gasteiger partial charge in [-0.1, -0.05) is 60.7 Å². The van der Waals surface area contributed by atoms with E-state index in [1.165, 1.54) is 0 Å². The Bertz CT molecular complexity index is 453. The van der Waals surface area contributed by atoms with Gasteiger partial charge in [0.25, 0.3) is 0 Å². The molecule has 2 aromatic carbocycles. The molecule has 0 aliphatic heterocycles. The average Bonchev–Trinajstić information content (AvgIpc) is 2.39. The third-order valence-corrected chi connectivity index (χ3v) is 2.33. The molecule has 16 heavy (non-hydrogen) atoms. The van der Waals surface area contributed by atoms with E-state index < -0.39 is 0 Å². The third-order valence-electron chi connectivity index (χ3n) is 2.33. The maximum atomic E-state index is 11.9. The second-order valence-electron chi connectivity index (χ2n) is 3.44. The number of ketones is 1. The molecule has 0 aromatic heterocycles. The number of hydrogen-bond acceptors (Lipinski definition) is 2. The van der Waals surface area contributed by atoms with E-state index in [2.05, 4.69) is 0 Å². The van der Waals surface area contributed by atoms with E-state index in [4.69, 9.17) is 5.41 Å². The predicted octanol–water partition coefficient (Wildman–Crippen LogP) is 2.94. The van der Waals surface area contributed by atoms with Crippen molar-refractivity contribution in [3.05, 3.63) is 71.8 Å². The number of nitrogens with one attached hydrogen (secondary N) is 1. The molecule has 2 aromatic rings. The molecule has 2 rings (SSSR count). The van der Waals surface area contributed by atoms with E-state index in [1.807, 2.05) is 24.3 Å². The van der Waals surface area contributed by atoms with Crippen LogP contribution in [0.4, 0.5) is 0 Å². The van der Waals surface area contributed by atoms with Crippen molar-refractivity contribution in [2.45, 2.75) is 0 Å². The first-order valence-corrected chi connectivity index (χ1v) is 5.03. The SMILES string of the molecule is N=C(C(=O)c1ccccc1)c1ccccc1. The van der Waals surface area contributed by atoms with Gasteiger partial charge >= 0.3 is 0 Å². The average molecular weight is 209 g/mol. The van der Waals surface area contributed by atoms with Crippen LogP contribution in [0.3, 0.4) is 0 Å². The Balaban J connectivity index is 2.28. The molecule has 1 N–H and O–H groups in total. The van der Waals surface area contributed by atoms with Crippen molar-refractivity contribution in [3.8, 4) is 0 Å². The molecule has 0 aliphatic rings. The standard InChI is InChI=1S/C14H11NO/c15-13(11-7-3-1-4-8-11)14(16)12-9-5-2-6-10-12/h1-10,15H. The molecule has 0 fully saturated rings. The highest BCUT2D eigenvalue weighted by Gasteiger charge is 2.12. The number of Topliss-reactive ketones (excluding diaryl/α,β-unsaturated/α-hetero) is 1. The van der Waals surface area contributed by atoms with Gasteiger partial charge in [0.1, 0.15) is 5.71 Å². The molecule has 0 unspecified atom stereocenters. The van der Waals surface area contributed by atoms with E-state index in [-0.39, 0.29) is 11.5 Å². The molecular formula is C14H11NO. The van der Waals surface area contributed by atoms with Crippen molar-refractivity contribution in [1.29, 1.82) is 5.41 Å². The normalized spacial score (nSPS) is 9.75. The molecule has 0 heterocycles. The molecule has 0 saturated carbocycles. The van der Waals surface area contributed by atoms with Crippen LogP contribution in [0.5, 0.6) is 0 Å². The Morgan fingerprint density at radius 1 is 0.750 bits per heavy atom. The van der Waals surface area contributed by atoms with Gasteiger partial charge < -0.3 is 0 Å². The van der Waals surface area contributed by atoms with Crippen LogP contribution < -0.4 is 0 Å². The molecule has 0 saturated heterocycles. The minimum absolute atomic E-state index is 0.0341. The van der Waals surface area contributed by atoms with Crippen LogP contribution in [0.15, 0.2) is 60.7 Å². The summed E-state index contributed by atoms with van der Waals surface area (Å²) in [5.41, 5.74) is 1.24. The Morgan fingerprint density at radius 2 is 1.19 bits per heavy atom. The van der Waals surface area contributed by atoms with Crippen LogP contribution in [0.25, 0.3) is 0 Å². The molecule has 2 heteroatoms. The van der Waals surface area contributed by atoms with E-state index in [1.54, 1.807) is 36.4 Å². The van der Waals surface area contributed by atoms with Gasteiger partial charge in [-0.25, -0.2) is 0 Å². The van der Waals surface area contributed by atoms with E-state index in [0.29, 0.717) is 11.1 Å². The number of carbonyl (C=O) groups excluding carboxylic acids is 1. The van der Waals surface area contributed by atoms with Gasteiger partial charge in [-0.3, -0.25) is 10.2 Å². The Labute approximate surface area is 94.1 Å². The highest BCUT2D eigenvalue weighted by molar-refractivity contribution is 6.50. The highest BCUT2D eigenvalue weighted by Crippen LogP contribution is 2.07. The first kappa shape index (κ1) is 10.3. The topological polar surface area (TPSA) is 40.9 Å². The lowest BCUT2D eigenvalue weighted by atomic mass is 10.0. The number of rotatable bonds is 3. The summed E-state index contributed by atoms with van der Waals surface area (Å²) in [7, 11) is 0. The van der Waals surface area contributed by atoms with Gasteiger partial charge in [0.05, 0.1) is 0 Å². The highest BCUT2D eigenvalue weighted by atomic mass is 16.1. The van der Waals surface area contributed by atoms with Gasteiger partial charge in [0, 0.05) is 11.1 Å². The smallest absolute Gasteiger partial charge is 0.211 e. The molecule has 0 atom stereocenters. The summed E-state index contributed by atoms with van der Waals surface area (Å²) in [5.74, 6) is -0.244. The second-order valence-corrected chi connectivity index (χ2v) is 3.44. The number of carbonyl (C=O) groups is 1. The van der Waals surface area contributed by atoms with Crippen molar-refractivity contribution in [2.24, 2.45) is 0 Å². The largest absolute Gasteiger partial charge is 0.296 e. The molecule has 0 radical (unpaired) electrons. The predicted molar refractivity (Wildman–Crippen MR) is 64.0 cm³/mol. The maximum absolute atomic E-state index is 11.9. The van der Waals surface area contributed by atoms with Crippen LogP contribution in [0.1, 0.15) is 15.9 Å². The molecule has 78 valence electrons. The molecule has 2 nitrogen and oxygen atoms in total. The summed E-state index contributed by atoms with van der Waals surface area (Å²) in [6.45, 7) is 0. The first-order chi connectivity index (χ1) is 7.79. The van der Waals surface area contributed by atoms with Gasteiger partial charge in [-0.2, -0.15) is 0 Å². The fraction of sp³-hybridized carbons (Fsp3) is 0. The van der Waals surface area contributed by atoms with Crippen molar-refractivity contribution in [1.82, 2.24) is 0 Å². The Morgan fingerprint density at radius 3 is 1.69 bits per heavy atom. The van der Waals surface area contributed by atoms with Gasteiger partial charge in [0.15, 0.2) is 0 Å². The lowest BCUT2D eigenvalue weighted by Gasteiger charge is -2.02. The summed E-state index contributed by atoms with van der Waals surface area (Å²) in [4.78, 5) is 11.9. The zero-order valence-electron chi connectivity index (χ0n) is 8.68. The summed E-state index contributed by atoms with van der Waals surface area (Å²) < 4.78 is 0. The zero-order valence-corrected chi connectivity index (χ0v) is 8.68. The first-order valence-electron chi connectivity index (χ1n) is 5.03. The Kier molecular flexibility index (Phi) is 2.92. The summed E-state index contributed by atoms with van der Waals surface area (Å²) in [5, 5.41) is 7.82. The molecule has 0 bridgehead atoms. The second kappa shape index (κ2) is 4.53. The summed E-state index contributed by atoms with van der Waals surface area (Å²) in [6.07, 6.45) is 0. The Hall–Kier alpha value is -2.22. The van der Waals surface area contributed by atoms with Crippen molar-refractivity contribution < 1.29 is 4.79 Å². The minimum atomic E-state index is -0.244. The van der Waals surface area contributed by atoms with Gasteiger partial charge in [-0.05, 0) is 0 Å². The van der Waals surface area contributed by atoms with Crippen molar-refractivity contribution >= 4 is 11.5 Å². The molecule has 0 amide bonds. The van der Waals surface area contributed by atoms with Crippen LogP contribution in [0.2, 0.25) is 0 Å². The van der Waals surface area contributed by atoms with Crippen LogP contribution >= 0.6 is 0 Å². The molecule has 0 aliphatic carbocycles.